The van der Waals surface area contributed by atoms with Gasteiger partial charge in [-0.25, -0.2) is 0 Å². The lowest BCUT2D eigenvalue weighted by Crippen LogP contribution is -2.46. The van der Waals surface area contributed by atoms with E-state index in [4.69, 9.17) is 5.73 Å². The molecule has 0 aromatic carbocycles. The molecule has 88 valence electrons. The van der Waals surface area contributed by atoms with E-state index in [2.05, 4.69) is 12.2 Å². The summed E-state index contributed by atoms with van der Waals surface area (Å²) in [4.78, 5) is 11.6. The maximum absolute atomic E-state index is 11.6. The van der Waals surface area contributed by atoms with Gasteiger partial charge in [-0.1, -0.05) is 20.3 Å². The maximum Gasteiger partial charge on any atom is 0.237 e. The molecule has 3 nitrogen and oxygen atoms in total. The topological polar surface area (TPSA) is 55.1 Å². The predicted octanol–water partition coefficient (Wildman–Crippen LogP) is 1.81. The van der Waals surface area contributed by atoms with Gasteiger partial charge in [-0.3, -0.25) is 4.79 Å². The Morgan fingerprint density at radius 2 is 1.93 bits per heavy atom. The lowest BCUT2D eigenvalue weighted by Gasteiger charge is -2.29. The van der Waals surface area contributed by atoms with Crippen molar-refractivity contribution in [2.45, 2.75) is 64.5 Å². The zero-order chi connectivity index (χ0) is 11.3. The minimum atomic E-state index is -0.325. The SMILES string of the molecule is CCC1CCC(NC(=O)[C@@H](N)CC)CC1. The minimum Gasteiger partial charge on any atom is -0.352 e. The molecule has 0 aromatic rings. The van der Waals surface area contributed by atoms with Crippen LogP contribution in [0.2, 0.25) is 0 Å². The summed E-state index contributed by atoms with van der Waals surface area (Å²) in [6, 6.07) is 0.0480. The highest BCUT2D eigenvalue weighted by atomic mass is 16.2. The van der Waals surface area contributed by atoms with Crippen molar-refractivity contribution in [3.63, 3.8) is 0 Å². The van der Waals surface area contributed by atoms with Crippen LogP contribution in [-0.2, 0) is 4.79 Å². The normalized spacial score (nSPS) is 28.5. The number of nitrogens with two attached hydrogens (primary N) is 1. The number of rotatable bonds is 4. The van der Waals surface area contributed by atoms with Crippen LogP contribution in [0, 0.1) is 5.92 Å². The molecule has 0 aliphatic heterocycles. The molecule has 0 heterocycles. The van der Waals surface area contributed by atoms with Gasteiger partial charge in [0.1, 0.15) is 0 Å². The quantitative estimate of drug-likeness (QED) is 0.746. The molecule has 15 heavy (non-hydrogen) atoms. The van der Waals surface area contributed by atoms with Crippen LogP contribution in [0.5, 0.6) is 0 Å². The van der Waals surface area contributed by atoms with Gasteiger partial charge in [0.15, 0.2) is 0 Å². The average molecular weight is 212 g/mol. The number of hydrogen-bond donors (Lipinski definition) is 2. The first-order chi connectivity index (χ1) is 7.17. The number of nitrogens with one attached hydrogen (secondary N) is 1. The van der Waals surface area contributed by atoms with Gasteiger partial charge in [-0.05, 0) is 38.0 Å². The summed E-state index contributed by atoms with van der Waals surface area (Å²) in [5.41, 5.74) is 5.68. The van der Waals surface area contributed by atoms with Crippen molar-refractivity contribution < 1.29 is 4.79 Å². The van der Waals surface area contributed by atoms with Crippen molar-refractivity contribution >= 4 is 5.91 Å². The molecule has 0 bridgehead atoms. The van der Waals surface area contributed by atoms with E-state index in [9.17, 15) is 4.79 Å². The fraction of sp³-hybridized carbons (Fsp3) is 0.917. The predicted molar refractivity (Wildman–Crippen MR) is 62.4 cm³/mol. The molecule has 0 aromatic heterocycles. The third-order valence-electron chi connectivity index (χ3n) is 3.55. The monoisotopic (exact) mass is 212 g/mol. The van der Waals surface area contributed by atoms with Crippen molar-refractivity contribution in [1.82, 2.24) is 5.32 Å². The lowest BCUT2D eigenvalue weighted by molar-refractivity contribution is -0.123. The molecular formula is C12H24N2O. The van der Waals surface area contributed by atoms with Crippen molar-refractivity contribution in [2.24, 2.45) is 11.7 Å². The van der Waals surface area contributed by atoms with Gasteiger partial charge >= 0.3 is 0 Å². The van der Waals surface area contributed by atoms with Crippen LogP contribution >= 0.6 is 0 Å². The third kappa shape index (κ3) is 3.82. The molecule has 1 atom stereocenters. The summed E-state index contributed by atoms with van der Waals surface area (Å²) in [5.74, 6) is 0.899. The molecule has 3 heteroatoms. The number of carbonyl (C=O) groups is 1. The van der Waals surface area contributed by atoms with Crippen LogP contribution in [0.15, 0.2) is 0 Å². The first kappa shape index (κ1) is 12.5. The molecular weight excluding hydrogens is 188 g/mol. The first-order valence-electron chi connectivity index (χ1n) is 6.23. The molecule has 0 radical (unpaired) electrons. The molecule has 1 aliphatic rings. The van der Waals surface area contributed by atoms with E-state index in [1.54, 1.807) is 0 Å². The Bertz CT molecular complexity index is 198. The molecule has 0 saturated heterocycles. The highest BCUT2D eigenvalue weighted by molar-refractivity contribution is 5.81. The highest BCUT2D eigenvalue weighted by Gasteiger charge is 2.22. The van der Waals surface area contributed by atoms with Crippen LogP contribution in [0.1, 0.15) is 52.4 Å². The fourth-order valence-corrected chi connectivity index (χ4v) is 2.21. The van der Waals surface area contributed by atoms with Crippen molar-refractivity contribution in [3.05, 3.63) is 0 Å². The molecule has 1 aliphatic carbocycles. The fourth-order valence-electron chi connectivity index (χ4n) is 2.21. The van der Waals surface area contributed by atoms with Gasteiger partial charge < -0.3 is 11.1 Å². The second-order valence-electron chi connectivity index (χ2n) is 4.65. The zero-order valence-electron chi connectivity index (χ0n) is 9.96. The lowest BCUT2D eigenvalue weighted by atomic mass is 9.84. The first-order valence-corrected chi connectivity index (χ1v) is 6.23. The maximum atomic E-state index is 11.6. The molecule has 3 N–H and O–H groups in total. The van der Waals surface area contributed by atoms with Crippen LogP contribution < -0.4 is 11.1 Å². The molecule has 0 spiro atoms. The van der Waals surface area contributed by atoms with Gasteiger partial charge in [-0.2, -0.15) is 0 Å². The summed E-state index contributed by atoms with van der Waals surface area (Å²) in [7, 11) is 0. The Hall–Kier alpha value is -0.570. The van der Waals surface area contributed by atoms with Gasteiger partial charge in [0.05, 0.1) is 6.04 Å². The Morgan fingerprint density at radius 1 is 1.33 bits per heavy atom. The summed E-state index contributed by atoms with van der Waals surface area (Å²) in [5, 5.41) is 3.05. The van der Waals surface area contributed by atoms with Gasteiger partial charge in [0.2, 0.25) is 5.91 Å². The van der Waals surface area contributed by atoms with Crippen LogP contribution in [0.25, 0.3) is 0 Å². The number of carbonyl (C=O) groups excluding carboxylic acids is 1. The summed E-state index contributed by atoms with van der Waals surface area (Å²) >= 11 is 0. The largest absolute Gasteiger partial charge is 0.352 e. The highest BCUT2D eigenvalue weighted by Crippen LogP contribution is 2.26. The van der Waals surface area contributed by atoms with Crippen LogP contribution in [0.4, 0.5) is 0 Å². The Morgan fingerprint density at radius 3 is 2.40 bits per heavy atom. The van der Waals surface area contributed by atoms with E-state index in [1.807, 2.05) is 6.92 Å². The summed E-state index contributed by atoms with van der Waals surface area (Å²) in [6.07, 6.45) is 6.75. The Labute approximate surface area is 92.8 Å². The van der Waals surface area contributed by atoms with Crippen molar-refractivity contribution in [1.29, 1.82) is 0 Å². The van der Waals surface area contributed by atoms with E-state index in [0.29, 0.717) is 6.04 Å². The van der Waals surface area contributed by atoms with Gasteiger partial charge in [-0.15, -0.1) is 0 Å². The van der Waals surface area contributed by atoms with Crippen LogP contribution in [-0.4, -0.2) is 18.0 Å². The molecule has 1 amide bonds. The molecule has 1 fully saturated rings. The van der Waals surface area contributed by atoms with Crippen LogP contribution in [0.3, 0.4) is 0 Å². The van der Waals surface area contributed by atoms with E-state index < -0.39 is 0 Å². The minimum absolute atomic E-state index is 0.0254. The van der Waals surface area contributed by atoms with E-state index in [1.165, 1.54) is 19.3 Å². The second kappa shape index (κ2) is 6.11. The standard InChI is InChI=1S/C12H24N2O/c1-3-9-5-7-10(8-6-9)14-12(15)11(13)4-2/h9-11H,3-8,13H2,1-2H3,(H,14,15)/t9?,10?,11-/m0/s1. The average Bonchev–Trinajstić information content (AvgIpc) is 2.29. The number of amides is 1. The zero-order valence-corrected chi connectivity index (χ0v) is 9.96. The summed E-state index contributed by atoms with van der Waals surface area (Å²) < 4.78 is 0. The summed E-state index contributed by atoms with van der Waals surface area (Å²) in [6.45, 7) is 4.19. The molecule has 1 saturated carbocycles. The third-order valence-corrected chi connectivity index (χ3v) is 3.55. The Kier molecular flexibility index (Phi) is 5.09. The molecule has 1 rings (SSSR count). The number of hydrogen-bond acceptors (Lipinski definition) is 2. The van der Waals surface area contributed by atoms with Crippen molar-refractivity contribution in [2.75, 3.05) is 0 Å². The van der Waals surface area contributed by atoms with Gasteiger partial charge in [0, 0.05) is 6.04 Å². The van der Waals surface area contributed by atoms with E-state index in [-0.39, 0.29) is 11.9 Å². The van der Waals surface area contributed by atoms with Crippen molar-refractivity contribution in [3.8, 4) is 0 Å². The van der Waals surface area contributed by atoms with E-state index >= 15 is 0 Å². The molecule has 0 unspecified atom stereocenters. The second-order valence-corrected chi connectivity index (χ2v) is 4.65. The Balaban J connectivity index is 2.26. The smallest absolute Gasteiger partial charge is 0.237 e. The van der Waals surface area contributed by atoms with E-state index in [0.717, 1.165) is 25.2 Å². The van der Waals surface area contributed by atoms with Gasteiger partial charge in [0.25, 0.3) is 0 Å².